The number of nitriles is 1. The standard InChI is InChI=1S/C13H15BrN2O/c1-16(12-4-6-17-7-5-12)13-3-2-11(14)8-10(13)9-15/h2-3,8,12H,4-7H2,1H3. The van der Waals surface area contributed by atoms with E-state index in [1.54, 1.807) is 0 Å². The highest BCUT2D eigenvalue weighted by Gasteiger charge is 2.20. The third-order valence-electron chi connectivity index (χ3n) is 3.20. The molecule has 90 valence electrons. The second-order valence-electron chi connectivity index (χ2n) is 4.23. The van der Waals surface area contributed by atoms with Crippen molar-refractivity contribution < 1.29 is 4.74 Å². The second kappa shape index (κ2) is 5.52. The van der Waals surface area contributed by atoms with Gasteiger partial charge in [0.1, 0.15) is 6.07 Å². The quantitative estimate of drug-likeness (QED) is 0.841. The van der Waals surface area contributed by atoms with Gasteiger partial charge in [0, 0.05) is 30.8 Å². The summed E-state index contributed by atoms with van der Waals surface area (Å²) in [5.74, 6) is 0. The topological polar surface area (TPSA) is 36.3 Å². The molecule has 3 nitrogen and oxygen atoms in total. The zero-order chi connectivity index (χ0) is 12.3. The summed E-state index contributed by atoms with van der Waals surface area (Å²) in [5, 5.41) is 9.17. The highest BCUT2D eigenvalue weighted by molar-refractivity contribution is 9.10. The van der Waals surface area contributed by atoms with Gasteiger partial charge in [-0.2, -0.15) is 5.26 Å². The Labute approximate surface area is 110 Å². The molecule has 0 atom stereocenters. The van der Waals surface area contributed by atoms with Gasteiger partial charge in [-0.1, -0.05) is 15.9 Å². The van der Waals surface area contributed by atoms with Gasteiger partial charge < -0.3 is 9.64 Å². The summed E-state index contributed by atoms with van der Waals surface area (Å²) in [4.78, 5) is 2.20. The van der Waals surface area contributed by atoms with E-state index in [2.05, 4.69) is 33.9 Å². The van der Waals surface area contributed by atoms with Gasteiger partial charge in [0.05, 0.1) is 11.3 Å². The van der Waals surface area contributed by atoms with E-state index in [-0.39, 0.29) is 0 Å². The third kappa shape index (κ3) is 2.80. The fraction of sp³-hybridized carbons (Fsp3) is 0.462. The molecule has 1 aliphatic heterocycles. The number of hydrogen-bond acceptors (Lipinski definition) is 3. The minimum atomic E-state index is 0.469. The van der Waals surface area contributed by atoms with Crippen LogP contribution in [0.3, 0.4) is 0 Å². The van der Waals surface area contributed by atoms with Crippen molar-refractivity contribution in [1.29, 1.82) is 5.26 Å². The van der Waals surface area contributed by atoms with Crippen LogP contribution in [0.4, 0.5) is 5.69 Å². The lowest BCUT2D eigenvalue weighted by Crippen LogP contribution is -2.37. The molecule has 1 heterocycles. The van der Waals surface area contributed by atoms with Crippen molar-refractivity contribution in [3.63, 3.8) is 0 Å². The van der Waals surface area contributed by atoms with Crippen LogP contribution in [0.25, 0.3) is 0 Å². The SMILES string of the molecule is CN(c1ccc(Br)cc1C#N)C1CCOCC1. The first-order valence-electron chi connectivity index (χ1n) is 5.72. The van der Waals surface area contributed by atoms with Crippen LogP contribution in [0.2, 0.25) is 0 Å². The van der Waals surface area contributed by atoms with Gasteiger partial charge in [0.2, 0.25) is 0 Å². The highest BCUT2D eigenvalue weighted by Crippen LogP contribution is 2.27. The maximum Gasteiger partial charge on any atom is 0.101 e. The number of nitrogens with zero attached hydrogens (tertiary/aromatic N) is 2. The molecule has 0 unspecified atom stereocenters. The molecular weight excluding hydrogens is 280 g/mol. The Morgan fingerprint density at radius 3 is 2.76 bits per heavy atom. The highest BCUT2D eigenvalue weighted by atomic mass is 79.9. The Morgan fingerprint density at radius 1 is 1.41 bits per heavy atom. The van der Waals surface area contributed by atoms with Crippen LogP contribution >= 0.6 is 15.9 Å². The lowest BCUT2D eigenvalue weighted by Gasteiger charge is -2.33. The van der Waals surface area contributed by atoms with E-state index >= 15 is 0 Å². The summed E-state index contributed by atoms with van der Waals surface area (Å²) in [6.45, 7) is 1.63. The largest absolute Gasteiger partial charge is 0.381 e. The van der Waals surface area contributed by atoms with Crippen molar-refractivity contribution in [1.82, 2.24) is 0 Å². The van der Waals surface area contributed by atoms with Gasteiger partial charge in [0.25, 0.3) is 0 Å². The molecule has 4 heteroatoms. The predicted molar refractivity (Wildman–Crippen MR) is 71.1 cm³/mol. The van der Waals surface area contributed by atoms with Crippen LogP contribution in [-0.4, -0.2) is 26.3 Å². The molecule has 1 saturated heterocycles. The van der Waals surface area contributed by atoms with Crippen molar-refractivity contribution in [3.05, 3.63) is 28.2 Å². The Kier molecular flexibility index (Phi) is 4.03. The lowest BCUT2D eigenvalue weighted by molar-refractivity contribution is 0.0855. The molecule has 2 rings (SSSR count). The van der Waals surface area contributed by atoms with Gasteiger partial charge in [-0.15, -0.1) is 0 Å². The zero-order valence-electron chi connectivity index (χ0n) is 9.82. The van der Waals surface area contributed by atoms with Crippen molar-refractivity contribution >= 4 is 21.6 Å². The Hall–Kier alpha value is -1.05. The van der Waals surface area contributed by atoms with Gasteiger partial charge in [-0.25, -0.2) is 0 Å². The lowest BCUT2D eigenvalue weighted by atomic mass is 10.1. The first kappa shape index (κ1) is 12.4. The molecule has 0 aliphatic carbocycles. The molecule has 0 radical (unpaired) electrons. The Bertz CT molecular complexity index is 436. The number of benzene rings is 1. The van der Waals surface area contributed by atoms with Crippen LogP contribution in [0.1, 0.15) is 18.4 Å². The maximum atomic E-state index is 9.17. The molecule has 1 aromatic rings. The molecule has 0 bridgehead atoms. The monoisotopic (exact) mass is 294 g/mol. The smallest absolute Gasteiger partial charge is 0.101 e. The van der Waals surface area contributed by atoms with E-state index in [1.807, 2.05) is 18.2 Å². The van der Waals surface area contributed by atoms with Crippen molar-refractivity contribution in [2.24, 2.45) is 0 Å². The average Bonchev–Trinajstić information content (AvgIpc) is 2.39. The van der Waals surface area contributed by atoms with Crippen molar-refractivity contribution in [2.75, 3.05) is 25.2 Å². The minimum absolute atomic E-state index is 0.469. The van der Waals surface area contributed by atoms with Gasteiger partial charge in [0.15, 0.2) is 0 Å². The molecule has 1 fully saturated rings. The third-order valence-corrected chi connectivity index (χ3v) is 3.69. The molecule has 0 spiro atoms. The van der Waals surface area contributed by atoms with Gasteiger partial charge in [-0.3, -0.25) is 0 Å². The van der Waals surface area contributed by atoms with E-state index in [9.17, 15) is 0 Å². The van der Waals surface area contributed by atoms with Crippen LogP contribution < -0.4 is 4.90 Å². The first-order chi connectivity index (χ1) is 8.22. The van der Waals surface area contributed by atoms with Gasteiger partial charge >= 0.3 is 0 Å². The Balaban J connectivity index is 2.23. The zero-order valence-corrected chi connectivity index (χ0v) is 11.4. The summed E-state index contributed by atoms with van der Waals surface area (Å²) in [7, 11) is 2.06. The number of hydrogen-bond donors (Lipinski definition) is 0. The fourth-order valence-corrected chi connectivity index (χ4v) is 2.54. The predicted octanol–water partition coefficient (Wildman–Crippen LogP) is 2.94. The summed E-state index contributed by atoms with van der Waals surface area (Å²) in [6, 6.07) is 8.57. The van der Waals surface area contributed by atoms with Crippen LogP contribution in [0.15, 0.2) is 22.7 Å². The normalized spacial score (nSPS) is 16.5. The van der Waals surface area contributed by atoms with E-state index in [4.69, 9.17) is 10.00 Å². The van der Waals surface area contributed by atoms with Crippen LogP contribution in [-0.2, 0) is 4.74 Å². The molecule has 1 aromatic carbocycles. The van der Waals surface area contributed by atoms with Gasteiger partial charge in [-0.05, 0) is 31.0 Å². The molecular formula is C13H15BrN2O. The number of anilines is 1. The molecule has 0 saturated carbocycles. The van der Waals surface area contributed by atoms with Crippen molar-refractivity contribution in [3.8, 4) is 6.07 Å². The number of rotatable bonds is 2. The van der Waals surface area contributed by atoms with Crippen LogP contribution in [0.5, 0.6) is 0 Å². The summed E-state index contributed by atoms with van der Waals surface area (Å²) in [5.41, 5.74) is 1.72. The molecule has 1 aliphatic rings. The molecule has 0 N–H and O–H groups in total. The molecule has 17 heavy (non-hydrogen) atoms. The molecule has 0 amide bonds. The van der Waals surface area contributed by atoms with E-state index in [0.717, 1.165) is 36.2 Å². The maximum absolute atomic E-state index is 9.17. The average molecular weight is 295 g/mol. The number of halogens is 1. The van der Waals surface area contributed by atoms with E-state index < -0.39 is 0 Å². The summed E-state index contributed by atoms with van der Waals surface area (Å²) >= 11 is 3.39. The number of ether oxygens (including phenoxy) is 1. The first-order valence-corrected chi connectivity index (χ1v) is 6.52. The summed E-state index contributed by atoms with van der Waals surface area (Å²) < 4.78 is 6.31. The van der Waals surface area contributed by atoms with E-state index in [0.29, 0.717) is 11.6 Å². The second-order valence-corrected chi connectivity index (χ2v) is 5.14. The summed E-state index contributed by atoms with van der Waals surface area (Å²) in [6.07, 6.45) is 2.05. The minimum Gasteiger partial charge on any atom is -0.381 e. The Morgan fingerprint density at radius 2 is 2.12 bits per heavy atom. The van der Waals surface area contributed by atoms with E-state index in [1.165, 1.54) is 0 Å². The fourth-order valence-electron chi connectivity index (χ4n) is 2.17. The van der Waals surface area contributed by atoms with Crippen LogP contribution in [0, 0.1) is 11.3 Å². The molecule has 0 aromatic heterocycles. The van der Waals surface area contributed by atoms with Crippen molar-refractivity contribution in [2.45, 2.75) is 18.9 Å².